The maximum Gasteiger partial charge on any atom is 0.255 e. The smallest absolute Gasteiger partial charge is 0.255 e. The Bertz CT molecular complexity index is 1230. The van der Waals surface area contributed by atoms with Crippen molar-refractivity contribution in [3.63, 3.8) is 0 Å². The highest BCUT2D eigenvalue weighted by Crippen LogP contribution is 2.28. The number of hydrogen-bond acceptors (Lipinski definition) is 5. The van der Waals surface area contributed by atoms with Crippen molar-refractivity contribution >= 4 is 0 Å². The molecule has 5 rings (SSSR count). The van der Waals surface area contributed by atoms with Gasteiger partial charge in [0, 0.05) is 42.7 Å². The lowest BCUT2D eigenvalue weighted by molar-refractivity contribution is 0.241. The van der Waals surface area contributed by atoms with Gasteiger partial charge in [0.05, 0.1) is 17.0 Å². The van der Waals surface area contributed by atoms with E-state index in [1.807, 2.05) is 67.6 Å². The minimum Gasteiger partial charge on any atom is -0.356 e. The van der Waals surface area contributed by atoms with Gasteiger partial charge in [0.15, 0.2) is 5.76 Å². The van der Waals surface area contributed by atoms with Gasteiger partial charge in [-0.2, -0.15) is 0 Å². The first-order valence-corrected chi connectivity index (χ1v) is 10.1. The highest BCUT2D eigenvalue weighted by atomic mass is 16.5. The maximum absolute atomic E-state index is 12.8. The Hall–Kier alpha value is -3.51. The van der Waals surface area contributed by atoms with Gasteiger partial charge in [-0.05, 0) is 6.92 Å². The second kappa shape index (κ2) is 7.72. The summed E-state index contributed by atoms with van der Waals surface area (Å²) < 4.78 is 5.62. The molecule has 0 amide bonds. The monoisotopic (exact) mass is 398 g/mol. The number of benzene rings is 2. The molecule has 2 aromatic heterocycles. The molecule has 30 heavy (non-hydrogen) atoms. The van der Waals surface area contributed by atoms with E-state index in [-0.39, 0.29) is 5.56 Å². The Labute approximate surface area is 174 Å². The van der Waals surface area contributed by atoms with Crippen LogP contribution in [0.25, 0.3) is 22.7 Å². The molecule has 0 radical (unpaired) electrons. The topological polar surface area (TPSA) is 75.0 Å². The third-order valence-corrected chi connectivity index (χ3v) is 5.60. The molecule has 1 aliphatic heterocycles. The number of rotatable bonds is 4. The van der Waals surface area contributed by atoms with Gasteiger partial charge in [-0.15, -0.1) is 0 Å². The summed E-state index contributed by atoms with van der Waals surface area (Å²) in [5.41, 5.74) is 5.45. The van der Waals surface area contributed by atoms with Crippen LogP contribution >= 0.6 is 0 Å². The van der Waals surface area contributed by atoms with E-state index >= 15 is 0 Å². The van der Waals surface area contributed by atoms with Crippen molar-refractivity contribution in [1.29, 1.82) is 0 Å². The molecule has 150 valence electrons. The van der Waals surface area contributed by atoms with Crippen LogP contribution < -0.4 is 5.56 Å². The third kappa shape index (κ3) is 3.46. The second-order valence-electron chi connectivity index (χ2n) is 7.61. The van der Waals surface area contributed by atoms with Crippen molar-refractivity contribution in [2.75, 3.05) is 6.54 Å². The molecule has 6 heteroatoms. The SMILES string of the molecule is Cc1noc(-c2ccccc2)c1CN1CCc2nc(-c3ccccc3)[nH]c(=O)c2C1. The Kier molecular flexibility index (Phi) is 4.77. The molecule has 0 saturated carbocycles. The Morgan fingerprint density at radius 2 is 1.73 bits per heavy atom. The first kappa shape index (κ1) is 18.5. The number of aromatic nitrogens is 3. The fourth-order valence-electron chi connectivity index (χ4n) is 3.96. The molecular formula is C24H22N4O2. The van der Waals surface area contributed by atoms with E-state index in [2.05, 4.69) is 15.0 Å². The summed E-state index contributed by atoms with van der Waals surface area (Å²) in [5, 5.41) is 4.18. The summed E-state index contributed by atoms with van der Waals surface area (Å²) in [6, 6.07) is 19.8. The molecule has 0 fully saturated rings. The fraction of sp³-hybridized carbons (Fsp3) is 0.208. The van der Waals surface area contributed by atoms with Crippen LogP contribution in [-0.2, 0) is 19.5 Å². The van der Waals surface area contributed by atoms with Crippen molar-refractivity contribution in [2.24, 2.45) is 0 Å². The molecule has 1 aliphatic rings. The van der Waals surface area contributed by atoms with Gasteiger partial charge in [-0.1, -0.05) is 65.8 Å². The predicted octanol–water partition coefficient (Wildman–Crippen LogP) is 3.96. The van der Waals surface area contributed by atoms with E-state index in [0.717, 1.165) is 52.4 Å². The Balaban J connectivity index is 1.41. The van der Waals surface area contributed by atoms with Crippen LogP contribution in [0.5, 0.6) is 0 Å². The molecule has 0 saturated heterocycles. The highest BCUT2D eigenvalue weighted by Gasteiger charge is 2.24. The zero-order chi connectivity index (χ0) is 20.5. The summed E-state index contributed by atoms with van der Waals surface area (Å²) in [6.45, 7) is 4.03. The average molecular weight is 398 g/mol. The van der Waals surface area contributed by atoms with E-state index in [4.69, 9.17) is 9.51 Å². The first-order valence-electron chi connectivity index (χ1n) is 10.1. The van der Waals surface area contributed by atoms with E-state index in [1.54, 1.807) is 0 Å². The van der Waals surface area contributed by atoms with Gasteiger partial charge in [0.1, 0.15) is 5.82 Å². The summed E-state index contributed by atoms with van der Waals surface area (Å²) in [6.07, 6.45) is 0.740. The van der Waals surface area contributed by atoms with Crippen LogP contribution in [0, 0.1) is 6.92 Å². The number of nitrogens with zero attached hydrogens (tertiary/aromatic N) is 3. The third-order valence-electron chi connectivity index (χ3n) is 5.60. The van der Waals surface area contributed by atoms with Crippen LogP contribution in [0.4, 0.5) is 0 Å². The van der Waals surface area contributed by atoms with Gasteiger partial charge < -0.3 is 9.51 Å². The lowest BCUT2D eigenvalue weighted by Gasteiger charge is -2.27. The predicted molar refractivity (Wildman–Crippen MR) is 115 cm³/mol. The van der Waals surface area contributed by atoms with Gasteiger partial charge in [-0.3, -0.25) is 9.69 Å². The number of aryl methyl sites for hydroxylation is 1. The van der Waals surface area contributed by atoms with E-state index in [9.17, 15) is 4.79 Å². The summed E-state index contributed by atoms with van der Waals surface area (Å²) in [4.78, 5) is 22.8. The van der Waals surface area contributed by atoms with Crippen molar-refractivity contribution in [3.8, 4) is 22.7 Å². The molecule has 0 aliphatic carbocycles. The lowest BCUT2D eigenvalue weighted by Crippen LogP contribution is -2.35. The molecule has 2 aromatic carbocycles. The largest absolute Gasteiger partial charge is 0.356 e. The summed E-state index contributed by atoms with van der Waals surface area (Å²) in [5.74, 6) is 1.43. The van der Waals surface area contributed by atoms with Gasteiger partial charge >= 0.3 is 0 Å². The van der Waals surface area contributed by atoms with E-state index in [1.165, 1.54) is 0 Å². The molecule has 0 bridgehead atoms. The Morgan fingerprint density at radius 1 is 1.03 bits per heavy atom. The minimum atomic E-state index is -0.0612. The Morgan fingerprint density at radius 3 is 2.47 bits per heavy atom. The molecule has 6 nitrogen and oxygen atoms in total. The van der Waals surface area contributed by atoms with Crippen LogP contribution in [0.1, 0.15) is 22.5 Å². The molecular weight excluding hydrogens is 376 g/mol. The van der Waals surface area contributed by atoms with E-state index in [0.29, 0.717) is 18.9 Å². The number of H-pyrrole nitrogens is 1. The van der Waals surface area contributed by atoms with Crippen LogP contribution in [0.15, 0.2) is 70.0 Å². The first-order chi connectivity index (χ1) is 14.7. The quantitative estimate of drug-likeness (QED) is 0.563. The average Bonchev–Trinajstić information content (AvgIpc) is 3.15. The van der Waals surface area contributed by atoms with Crippen molar-refractivity contribution < 1.29 is 4.52 Å². The van der Waals surface area contributed by atoms with Gasteiger partial charge in [0.2, 0.25) is 0 Å². The minimum absolute atomic E-state index is 0.0612. The zero-order valence-electron chi connectivity index (χ0n) is 16.8. The molecule has 0 atom stereocenters. The molecule has 4 aromatic rings. The van der Waals surface area contributed by atoms with Crippen molar-refractivity contribution in [3.05, 3.63) is 93.5 Å². The number of aromatic amines is 1. The van der Waals surface area contributed by atoms with Crippen LogP contribution in [0.3, 0.4) is 0 Å². The fourth-order valence-corrected chi connectivity index (χ4v) is 3.96. The zero-order valence-corrected chi connectivity index (χ0v) is 16.8. The molecule has 3 heterocycles. The van der Waals surface area contributed by atoms with Crippen LogP contribution in [-0.4, -0.2) is 26.6 Å². The normalized spacial score (nSPS) is 13.9. The van der Waals surface area contributed by atoms with Crippen molar-refractivity contribution in [2.45, 2.75) is 26.4 Å². The standard InChI is InChI=1S/C24H22N4O2/c1-16-19(22(30-27-16)17-8-4-2-5-9-17)14-28-13-12-21-20(15-28)24(29)26-23(25-21)18-10-6-3-7-11-18/h2-11H,12-15H2,1H3,(H,25,26,29). The number of nitrogens with one attached hydrogen (secondary N) is 1. The second-order valence-corrected chi connectivity index (χ2v) is 7.61. The molecule has 0 unspecified atom stereocenters. The van der Waals surface area contributed by atoms with Crippen LogP contribution in [0.2, 0.25) is 0 Å². The lowest BCUT2D eigenvalue weighted by atomic mass is 10.0. The van der Waals surface area contributed by atoms with Gasteiger partial charge in [0.25, 0.3) is 5.56 Å². The van der Waals surface area contributed by atoms with Crippen molar-refractivity contribution in [1.82, 2.24) is 20.0 Å². The number of fused-ring (bicyclic) bond motifs is 1. The molecule has 0 spiro atoms. The number of hydrogen-bond donors (Lipinski definition) is 1. The summed E-state index contributed by atoms with van der Waals surface area (Å²) in [7, 11) is 0. The molecule has 1 N–H and O–H groups in total. The van der Waals surface area contributed by atoms with E-state index < -0.39 is 0 Å². The maximum atomic E-state index is 12.8. The highest BCUT2D eigenvalue weighted by molar-refractivity contribution is 5.61. The van der Waals surface area contributed by atoms with Gasteiger partial charge in [-0.25, -0.2) is 4.98 Å². The summed E-state index contributed by atoms with van der Waals surface area (Å²) >= 11 is 0.